The summed E-state index contributed by atoms with van der Waals surface area (Å²) in [6.07, 6.45) is 0. The summed E-state index contributed by atoms with van der Waals surface area (Å²) in [7, 11) is 0. The van der Waals surface area contributed by atoms with Crippen molar-refractivity contribution in [3.05, 3.63) is 15.8 Å². The normalized spacial score (nSPS) is 15.9. The standard InChI is InChI=1S/C11H18N6O3/c1-3-12-11-13-8(2)9(17(18)19)10(14-11)15-16-4-6-20-7-5-16/h3-7H2,1-2H3,(H2,12,13,14,15). The fourth-order valence-electron chi connectivity index (χ4n) is 1.93. The lowest BCUT2D eigenvalue weighted by molar-refractivity contribution is -0.385. The van der Waals surface area contributed by atoms with Crippen molar-refractivity contribution in [2.45, 2.75) is 13.8 Å². The predicted octanol–water partition coefficient (Wildman–Crippen LogP) is 0.784. The SMILES string of the molecule is CCNc1nc(C)c([N+](=O)[O-])c(NN2CCOCC2)n1. The number of ether oxygens (including phenoxy) is 1. The van der Waals surface area contributed by atoms with E-state index >= 15 is 0 Å². The van der Waals surface area contributed by atoms with Crippen molar-refractivity contribution in [3.63, 3.8) is 0 Å². The fourth-order valence-corrected chi connectivity index (χ4v) is 1.93. The quantitative estimate of drug-likeness (QED) is 0.603. The molecule has 1 aromatic rings. The Morgan fingerprint density at radius 1 is 1.40 bits per heavy atom. The van der Waals surface area contributed by atoms with Gasteiger partial charge in [-0.25, -0.2) is 9.99 Å². The Bertz CT molecular complexity index is 489. The Morgan fingerprint density at radius 3 is 2.70 bits per heavy atom. The molecule has 9 nitrogen and oxygen atoms in total. The summed E-state index contributed by atoms with van der Waals surface area (Å²) >= 11 is 0. The first kappa shape index (κ1) is 14.4. The summed E-state index contributed by atoms with van der Waals surface area (Å²) in [5.74, 6) is 0.590. The van der Waals surface area contributed by atoms with E-state index in [4.69, 9.17) is 4.74 Å². The molecule has 0 unspecified atom stereocenters. The molecule has 1 aliphatic heterocycles. The number of anilines is 2. The minimum atomic E-state index is -0.464. The van der Waals surface area contributed by atoms with Crippen LogP contribution in [0.25, 0.3) is 0 Å². The van der Waals surface area contributed by atoms with Crippen LogP contribution >= 0.6 is 0 Å². The molecule has 0 amide bonds. The second-order valence-corrected chi connectivity index (χ2v) is 4.33. The minimum absolute atomic E-state index is 0.0989. The third-order valence-corrected chi connectivity index (χ3v) is 2.85. The maximum atomic E-state index is 11.2. The second-order valence-electron chi connectivity index (χ2n) is 4.33. The maximum absolute atomic E-state index is 11.2. The van der Waals surface area contributed by atoms with Gasteiger partial charge < -0.3 is 10.1 Å². The zero-order valence-electron chi connectivity index (χ0n) is 11.5. The van der Waals surface area contributed by atoms with E-state index in [0.29, 0.717) is 44.5 Å². The highest BCUT2D eigenvalue weighted by molar-refractivity contribution is 5.60. The summed E-state index contributed by atoms with van der Waals surface area (Å²) in [6, 6.07) is 0. The van der Waals surface area contributed by atoms with Gasteiger partial charge >= 0.3 is 5.69 Å². The molecule has 20 heavy (non-hydrogen) atoms. The molecule has 9 heteroatoms. The summed E-state index contributed by atoms with van der Waals surface area (Å²) in [6.45, 7) is 6.64. The van der Waals surface area contributed by atoms with E-state index in [1.165, 1.54) is 0 Å². The van der Waals surface area contributed by atoms with Crippen LogP contribution in [0.15, 0.2) is 0 Å². The Labute approximate surface area is 116 Å². The topological polar surface area (TPSA) is 105 Å². The van der Waals surface area contributed by atoms with Crippen LogP contribution in [0, 0.1) is 17.0 Å². The highest BCUT2D eigenvalue weighted by atomic mass is 16.6. The zero-order chi connectivity index (χ0) is 14.5. The van der Waals surface area contributed by atoms with Gasteiger partial charge in [0.1, 0.15) is 5.69 Å². The molecule has 2 N–H and O–H groups in total. The molecular weight excluding hydrogens is 264 g/mol. The van der Waals surface area contributed by atoms with E-state index < -0.39 is 4.92 Å². The number of hydrogen-bond donors (Lipinski definition) is 2. The number of aryl methyl sites for hydroxylation is 1. The number of hydrogen-bond acceptors (Lipinski definition) is 8. The zero-order valence-corrected chi connectivity index (χ0v) is 11.5. The Kier molecular flexibility index (Phi) is 4.64. The van der Waals surface area contributed by atoms with Gasteiger partial charge in [-0.3, -0.25) is 15.5 Å². The summed E-state index contributed by atoms with van der Waals surface area (Å²) < 4.78 is 5.24. The molecule has 0 aromatic carbocycles. The van der Waals surface area contributed by atoms with Gasteiger partial charge in [0.05, 0.1) is 18.1 Å². The maximum Gasteiger partial charge on any atom is 0.333 e. The first-order valence-electron chi connectivity index (χ1n) is 6.48. The Balaban J connectivity index is 2.28. The summed E-state index contributed by atoms with van der Waals surface area (Å²) in [5, 5.41) is 16.0. The molecule has 2 rings (SSSR count). The molecule has 1 aliphatic rings. The number of nitrogens with one attached hydrogen (secondary N) is 2. The van der Waals surface area contributed by atoms with Crippen molar-refractivity contribution in [1.82, 2.24) is 15.0 Å². The Hall–Kier alpha value is -2.00. The molecule has 0 atom stereocenters. The van der Waals surface area contributed by atoms with Gasteiger partial charge in [0.25, 0.3) is 0 Å². The average molecular weight is 282 g/mol. The fraction of sp³-hybridized carbons (Fsp3) is 0.636. The molecule has 0 saturated carbocycles. The number of nitro groups is 1. The van der Waals surface area contributed by atoms with Crippen LogP contribution in [0.3, 0.4) is 0 Å². The summed E-state index contributed by atoms with van der Waals surface area (Å²) in [5.41, 5.74) is 3.22. The molecule has 1 fully saturated rings. The molecule has 0 spiro atoms. The van der Waals surface area contributed by atoms with E-state index in [0.717, 1.165) is 0 Å². The van der Waals surface area contributed by atoms with Crippen LogP contribution in [0.4, 0.5) is 17.5 Å². The van der Waals surface area contributed by atoms with Gasteiger partial charge in [0, 0.05) is 19.6 Å². The van der Waals surface area contributed by atoms with Crippen molar-refractivity contribution in [2.24, 2.45) is 0 Å². The molecule has 0 aliphatic carbocycles. The summed E-state index contributed by atoms with van der Waals surface area (Å²) in [4.78, 5) is 19.0. The van der Waals surface area contributed by atoms with Crippen molar-refractivity contribution in [3.8, 4) is 0 Å². The largest absolute Gasteiger partial charge is 0.379 e. The van der Waals surface area contributed by atoms with E-state index in [1.807, 2.05) is 11.9 Å². The highest BCUT2D eigenvalue weighted by Crippen LogP contribution is 2.27. The first-order valence-corrected chi connectivity index (χ1v) is 6.48. The van der Waals surface area contributed by atoms with Gasteiger partial charge in [0.15, 0.2) is 0 Å². The predicted molar refractivity (Wildman–Crippen MR) is 73.6 cm³/mol. The molecular formula is C11H18N6O3. The smallest absolute Gasteiger partial charge is 0.333 e. The van der Waals surface area contributed by atoms with Crippen molar-refractivity contribution >= 4 is 17.5 Å². The molecule has 1 saturated heterocycles. The lowest BCUT2D eigenvalue weighted by Crippen LogP contribution is -2.40. The van der Waals surface area contributed by atoms with Crippen LogP contribution in [0.2, 0.25) is 0 Å². The minimum Gasteiger partial charge on any atom is -0.379 e. The van der Waals surface area contributed by atoms with Crippen LogP contribution in [-0.2, 0) is 4.74 Å². The van der Waals surface area contributed by atoms with Crippen LogP contribution in [0.5, 0.6) is 0 Å². The van der Waals surface area contributed by atoms with E-state index in [-0.39, 0.29) is 11.5 Å². The van der Waals surface area contributed by atoms with Gasteiger partial charge in [-0.15, -0.1) is 0 Å². The van der Waals surface area contributed by atoms with E-state index in [1.54, 1.807) is 6.92 Å². The van der Waals surface area contributed by atoms with Crippen molar-refractivity contribution in [1.29, 1.82) is 0 Å². The molecule has 1 aromatic heterocycles. The van der Waals surface area contributed by atoms with Crippen LogP contribution in [0.1, 0.15) is 12.6 Å². The molecule has 0 radical (unpaired) electrons. The van der Waals surface area contributed by atoms with Crippen molar-refractivity contribution in [2.75, 3.05) is 43.6 Å². The van der Waals surface area contributed by atoms with Crippen molar-refractivity contribution < 1.29 is 9.66 Å². The number of aromatic nitrogens is 2. The monoisotopic (exact) mass is 282 g/mol. The lowest BCUT2D eigenvalue weighted by Gasteiger charge is -2.27. The number of morpholine rings is 1. The third kappa shape index (κ3) is 3.31. The van der Waals surface area contributed by atoms with Gasteiger partial charge in [-0.1, -0.05) is 0 Å². The molecule has 0 bridgehead atoms. The Morgan fingerprint density at radius 2 is 2.10 bits per heavy atom. The lowest BCUT2D eigenvalue weighted by atomic mass is 10.3. The second kappa shape index (κ2) is 6.44. The first-order chi connectivity index (χ1) is 9.61. The number of rotatable bonds is 5. The third-order valence-electron chi connectivity index (χ3n) is 2.85. The van der Waals surface area contributed by atoms with Crippen LogP contribution in [-0.4, -0.2) is 52.7 Å². The van der Waals surface area contributed by atoms with Crippen LogP contribution < -0.4 is 10.7 Å². The van der Waals surface area contributed by atoms with Gasteiger partial charge in [-0.05, 0) is 13.8 Å². The number of nitrogens with zero attached hydrogens (tertiary/aromatic N) is 4. The van der Waals surface area contributed by atoms with Gasteiger partial charge in [-0.2, -0.15) is 4.98 Å². The highest BCUT2D eigenvalue weighted by Gasteiger charge is 2.24. The van der Waals surface area contributed by atoms with E-state index in [9.17, 15) is 10.1 Å². The average Bonchev–Trinajstić information content (AvgIpc) is 2.39. The van der Waals surface area contributed by atoms with E-state index in [2.05, 4.69) is 20.7 Å². The number of hydrazine groups is 1. The molecule has 2 heterocycles. The molecule has 110 valence electrons. The van der Waals surface area contributed by atoms with Gasteiger partial charge in [0.2, 0.25) is 11.8 Å².